The Balaban J connectivity index is 1.82. The van der Waals surface area contributed by atoms with Gasteiger partial charge in [-0.2, -0.15) is 0 Å². The monoisotopic (exact) mass is 318 g/mol. The van der Waals surface area contributed by atoms with E-state index in [1.807, 2.05) is 49.9 Å². The Labute approximate surface area is 137 Å². The van der Waals surface area contributed by atoms with Crippen LogP contribution in [-0.4, -0.2) is 35.0 Å². The second-order valence-electron chi connectivity index (χ2n) is 6.93. The molecule has 0 aliphatic carbocycles. The predicted octanol–water partition coefficient (Wildman–Crippen LogP) is 1.34. The SMILES string of the molecule is CC(C)(C)N1CC(NC(=O)NCc2cccc(CN)c2)CC1=O. The quantitative estimate of drug-likeness (QED) is 0.783. The van der Waals surface area contributed by atoms with Gasteiger partial charge in [-0.3, -0.25) is 4.79 Å². The Hall–Kier alpha value is -2.08. The van der Waals surface area contributed by atoms with E-state index in [0.29, 0.717) is 26.1 Å². The number of carbonyl (C=O) groups is 2. The van der Waals surface area contributed by atoms with Crippen LogP contribution in [0.4, 0.5) is 4.79 Å². The molecule has 23 heavy (non-hydrogen) atoms. The van der Waals surface area contributed by atoms with E-state index in [-0.39, 0.29) is 23.5 Å². The molecule has 3 amide bonds. The Kier molecular flexibility index (Phi) is 5.26. The lowest BCUT2D eigenvalue weighted by Crippen LogP contribution is -2.46. The third-order valence-electron chi connectivity index (χ3n) is 3.95. The molecule has 1 heterocycles. The summed E-state index contributed by atoms with van der Waals surface area (Å²) in [5.41, 5.74) is 7.43. The number of hydrogen-bond acceptors (Lipinski definition) is 3. The van der Waals surface area contributed by atoms with Crippen LogP contribution in [0.15, 0.2) is 24.3 Å². The molecule has 1 fully saturated rings. The topological polar surface area (TPSA) is 87.5 Å². The zero-order valence-corrected chi connectivity index (χ0v) is 14.1. The van der Waals surface area contributed by atoms with E-state index in [1.165, 1.54) is 0 Å². The highest BCUT2D eigenvalue weighted by atomic mass is 16.2. The third-order valence-corrected chi connectivity index (χ3v) is 3.95. The first-order chi connectivity index (χ1) is 10.8. The summed E-state index contributed by atoms with van der Waals surface area (Å²) in [5.74, 6) is 0.0819. The van der Waals surface area contributed by atoms with E-state index < -0.39 is 0 Å². The summed E-state index contributed by atoms with van der Waals surface area (Å²) in [5, 5.41) is 5.70. The fraction of sp³-hybridized carbons (Fsp3) is 0.529. The fourth-order valence-corrected chi connectivity index (χ4v) is 2.74. The summed E-state index contributed by atoms with van der Waals surface area (Å²) in [6.45, 7) is 7.46. The van der Waals surface area contributed by atoms with Crippen LogP contribution < -0.4 is 16.4 Å². The first-order valence-corrected chi connectivity index (χ1v) is 7.92. The molecule has 6 nitrogen and oxygen atoms in total. The highest BCUT2D eigenvalue weighted by Crippen LogP contribution is 2.21. The van der Waals surface area contributed by atoms with Gasteiger partial charge < -0.3 is 21.3 Å². The van der Waals surface area contributed by atoms with Gasteiger partial charge in [0.15, 0.2) is 0 Å². The molecule has 0 spiro atoms. The number of nitrogens with two attached hydrogens (primary N) is 1. The van der Waals surface area contributed by atoms with E-state index in [2.05, 4.69) is 10.6 Å². The first-order valence-electron chi connectivity index (χ1n) is 7.92. The summed E-state index contributed by atoms with van der Waals surface area (Å²) in [6.07, 6.45) is 0.355. The lowest BCUT2D eigenvalue weighted by molar-refractivity contribution is -0.131. The molecule has 0 aromatic heterocycles. The van der Waals surface area contributed by atoms with Crippen molar-refractivity contribution in [1.82, 2.24) is 15.5 Å². The van der Waals surface area contributed by atoms with Gasteiger partial charge in [0.1, 0.15) is 0 Å². The summed E-state index contributed by atoms with van der Waals surface area (Å²) < 4.78 is 0. The van der Waals surface area contributed by atoms with E-state index >= 15 is 0 Å². The van der Waals surface area contributed by atoms with Gasteiger partial charge in [-0.1, -0.05) is 24.3 Å². The van der Waals surface area contributed by atoms with E-state index in [0.717, 1.165) is 11.1 Å². The van der Waals surface area contributed by atoms with Crippen molar-refractivity contribution in [3.63, 3.8) is 0 Å². The van der Waals surface area contributed by atoms with Gasteiger partial charge >= 0.3 is 6.03 Å². The van der Waals surface area contributed by atoms with Crippen molar-refractivity contribution in [2.45, 2.75) is 51.9 Å². The number of rotatable bonds is 4. The maximum absolute atomic E-state index is 12.0. The number of hydrogen-bond donors (Lipinski definition) is 3. The maximum Gasteiger partial charge on any atom is 0.315 e. The molecule has 1 aliphatic rings. The highest BCUT2D eigenvalue weighted by Gasteiger charge is 2.36. The number of nitrogens with zero attached hydrogens (tertiary/aromatic N) is 1. The van der Waals surface area contributed by atoms with Gasteiger partial charge in [0.05, 0.1) is 6.04 Å². The fourth-order valence-electron chi connectivity index (χ4n) is 2.74. The minimum absolute atomic E-state index is 0.0819. The van der Waals surface area contributed by atoms with Gasteiger partial charge in [0.2, 0.25) is 5.91 Å². The van der Waals surface area contributed by atoms with Gasteiger partial charge in [-0.15, -0.1) is 0 Å². The summed E-state index contributed by atoms with van der Waals surface area (Å²) in [6, 6.07) is 7.40. The molecule has 0 saturated carbocycles. The van der Waals surface area contributed by atoms with E-state index in [9.17, 15) is 9.59 Å². The summed E-state index contributed by atoms with van der Waals surface area (Å²) in [7, 11) is 0. The van der Waals surface area contributed by atoms with Crippen LogP contribution in [0, 0.1) is 0 Å². The average molecular weight is 318 g/mol. The lowest BCUT2D eigenvalue weighted by atomic mass is 10.1. The molecular formula is C17H26N4O2. The van der Waals surface area contributed by atoms with Crippen molar-refractivity contribution in [3.05, 3.63) is 35.4 Å². The van der Waals surface area contributed by atoms with Gasteiger partial charge in [-0.25, -0.2) is 4.79 Å². The number of nitrogens with one attached hydrogen (secondary N) is 2. The molecule has 4 N–H and O–H groups in total. The highest BCUT2D eigenvalue weighted by molar-refractivity contribution is 5.82. The third kappa shape index (κ3) is 4.69. The minimum Gasteiger partial charge on any atom is -0.336 e. The van der Waals surface area contributed by atoms with Crippen molar-refractivity contribution in [2.75, 3.05) is 6.54 Å². The first kappa shape index (κ1) is 17.3. The van der Waals surface area contributed by atoms with Gasteiger partial charge in [-0.05, 0) is 31.9 Å². The average Bonchev–Trinajstić information content (AvgIpc) is 2.86. The molecule has 126 valence electrons. The van der Waals surface area contributed by atoms with Crippen LogP contribution in [-0.2, 0) is 17.9 Å². The normalized spacial score (nSPS) is 18.2. The predicted molar refractivity (Wildman–Crippen MR) is 89.6 cm³/mol. The Morgan fingerprint density at radius 1 is 1.35 bits per heavy atom. The second kappa shape index (κ2) is 7.00. The molecule has 2 rings (SSSR count). The van der Waals surface area contributed by atoms with Gasteiger partial charge in [0.25, 0.3) is 0 Å². The largest absolute Gasteiger partial charge is 0.336 e. The van der Waals surface area contributed by atoms with Crippen molar-refractivity contribution in [3.8, 4) is 0 Å². The molecule has 0 bridgehead atoms. The molecule has 1 aromatic rings. The van der Waals surface area contributed by atoms with Crippen molar-refractivity contribution in [1.29, 1.82) is 0 Å². The molecule has 1 aliphatic heterocycles. The van der Waals surface area contributed by atoms with Crippen molar-refractivity contribution < 1.29 is 9.59 Å². The minimum atomic E-state index is -0.253. The number of urea groups is 1. The number of amides is 3. The van der Waals surface area contributed by atoms with Crippen molar-refractivity contribution in [2.24, 2.45) is 5.73 Å². The van der Waals surface area contributed by atoms with Crippen LogP contribution in [0.5, 0.6) is 0 Å². The van der Waals surface area contributed by atoms with E-state index in [4.69, 9.17) is 5.73 Å². The Morgan fingerprint density at radius 2 is 2.04 bits per heavy atom. The van der Waals surface area contributed by atoms with Crippen LogP contribution >= 0.6 is 0 Å². The zero-order chi connectivity index (χ0) is 17.0. The molecule has 1 unspecified atom stereocenters. The molecule has 1 atom stereocenters. The number of benzene rings is 1. The van der Waals surface area contributed by atoms with Crippen LogP contribution in [0.3, 0.4) is 0 Å². The molecule has 1 saturated heterocycles. The van der Waals surface area contributed by atoms with Crippen LogP contribution in [0.25, 0.3) is 0 Å². The second-order valence-corrected chi connectivity index (χ2v) is 6.93. The van der Waals surface area contributed by atoms with Crippen LogP contribution in [0.1, 0.15) is 38.3 Å². The summed E-state index contributed by atoms with van der Waals surface area (Å²) >= 11 is 0. The smallest absolute Gasteiger partial charge is 0.315 e. The van der Waals surface area contributed by atoms with Crippen molar-refractivity contribution >= 4 is 11.9 Å². The summed E-state index contributed by atoms with van der Waals surface area (Å²) in [4.78, 5) is 25.8. The zero-order valence-electron chi connectivity index (χ0n) is 14.1. The van der Waals surface area contributed by atoms with Crippen LogP contribution in [0.2, 0.25) is 0 Å². The molecule has 0 radical (unpaired) electrons. The van der Waals surface area contributed by atoms with E-state index in [1.54, 1.807) is 0 Å². The maximum atomic E-state index is 12.0. The molecule has 6 heteroatoms. The Bertz CT molecular complexity index is 580. The Morgan fingerprint density at radius 3 is 2.65 bits per heavy atom. The van der Waals surface area contributed by atoms with Gasteiger partial charge in [0, 0.05) is 31.6 Å². The molecule has 1 aromatic carbocycles. The number of carbonyl (C=O) groups excluding carboxylic acids is 2. The lowest BCUT2D eigenvalue weighted by Gasteiger charge is -2.32. The standard InChI is InChI=1S/C17H26N4O2/c1-17(2,3)21-11-14(8-15(21)22)20-16(23)19-10-13-6-4-5-12(7-13)9-18/h4-7,14H,8-11,18H2,1-3H3,(H2,19,20,23). The molecular weight excluding hydrogens is 292 g/mol. The number of likely N-dealkylation sites (tertiary alicyclic amines) is 1.